The van der Waals surface area contributed by atoms with Gasteiger partial charge in [-0.25, -0.2) is 0 Å². The molecule has 1 heterocycles. The van der Waals surface area contributed by atoms with Gasteiger partial charge in [-0.15, -0.1) is 0 Å². The minimum Gasteiger partial charge on any atom is -0.481 e. The van der Waals surface area contributed by atoms with Crippen LogP contribution in [0.2, 0.25) is 0 Å². The molecular weight excluding hydrogens is 158 g/mol. The second-order valence-corrected chi connectivity index (χ2v) is 3.15. The van der Waals surface area contributed by atoms with Gasteiger partial charge in [-0.1, -0.05) is 6.92 Å². The largest absolute Gasteiger partial charge is 0.481 e. The summed E-state index contributed by atoms with van der Waals surface area (Å²) in [4.78, 5) is 21.6. The molecule has 0 spiro atoms. The first kappa shape index (κ1) is 9.03. The molecule has 2 atom stereocenters. The summed E-state index contributed by atoms with van der Waals surface area (Å²) in [5, 5.41) is 11.4. The summed E-state index contributed by atoms with van der Waals surface area (Å²) in [7, 11) is 0. The fourth-order valence-corrected chi connectivity index (χ4v) is 1.45. The lowest BCUT2D eigenvalue weighted by Gasteiger charge is -2.26. The highest BCUT2D eigenvalue weighted by molar-refractivity contribution is 5.83. The van der Waals surface area contributed by atoms with E-state index in [1.807, 2.05) is 6.92 Å². The molecule has 1 aliphatic heterocycles. The number of aliphatic carboxylic acids is 1. The summed E-state index contributed by atoms with van der Waals surface area (Å²) in [6.45, 7) is 1.94. The van der Waals surface area contributed by atoms with E-state index in [-0.39, 0.29) is 18.4 Å². The van der Waals surface area contributed by atoms with Crippen molar-refractivity contribution < 1.29 is 14.7 Å². The van der Waals surface area contributed by atoms with Crippen molar-refractivity contribution in [2.24, 2.45) is 5.92 Å². The van der Waals surface area contributed by atoms with E-state index in [1.165, 1.54) is 0 Å². The second-order valence-electron chi connectivity index (χ2n) is 3.15. The van der Waals surface area contributed by atoms with Gasteiger partial charge in [-0.3, -0.25) is 9.59 Å². The Labute approximate surface area is 71.0 Å². The van der Waals surface area contributed by atoms with Gasteiger partial charge in [0.2, 0.25) is 5.91 Å². The third-order valence-electron chi connectivity index (χ3n) is 2.21. The average molecular weight is 171 g/mol. The lowest BCUT2D eigenvalue weighted by Crippen LogP contribution is -2.43. The molecule has 12 heavy (non-hydrogen) atoms. The zero-order chi connectivity index (χ0) is 9.14. The van der Waals surface area contributed by atoms with Crippen LogP contribution in [0, 0.1) is 5.92 Å². The molecule has 0 aromatic carbocycles. The minimum absolute atomic E-state index is 0.0485. The first-order valence-electron chi connectivity index (χ1n) is 4.15. The molecule has 0 bridgehead atoms. The molecule has 1 saturated heterocycles. The van der Waals surface area contributed by atoms with Crippen molar-refractivity contribution in [3.63, 3.8) is 0 Å². The Morgan fingerprint density at radius 1 is 1.75 bits per heavy atom. The van der Waals surface area contributed by atoms with Crippen molar-refractivity contribution in [3.05, 3.63) is 0 Å². The monoisotopic (exact) mass is 171 g/mol. The van der Waals surface area contributed by atoms with Crippen LogP contribution in [0.15, 0.2) is 0 Å². The van der Waals surface area contributed by atoms with Gasteiger partial charge in [-0.05, 0) is 12.8 Å². The maximum absolute atomic E-state index is 11.0. The summed E-state index contributed by atoms with van der Waals surface area (Å²) in [6, 6.07) is 0.0485. The first-order valence-corrected chi connectivity index (χ1v) is 4.15. The Kier molecular flexibility index (Phi) is 2.68. The fourth-order valence-electron chi connectivity index (χ4n) is 1.45. The summed E-state index contributed by atoms with van der Waals surface area (Å²) < 4.78 is 0. The van der Waals surface area contributed by atoms with Crippen molar-refractivity contribution in [1.29, 1.82) is 0 Å². The highest BCUT2D eigenvalue weighted by Gasteiger charge is 2.29. The van der Waals surface area contributed by atoms with Crippen molar-refractivity contribution in [2.45, 2.75) is 32.2 Å². The van der Waals surface area contributed by atoms with E-state index < -0.39 is 11.9 Å². The van der Waals surface area contributed by atoms with Gasteiger partial charge in [0, 0.05) is 12.5 Å². The predicted molar refractivity (Wildman–Crippen MR) is 42.6 cm³/mol. The Bertz CT molecular complexity index is 202. The molecule has 68 valence electrons. The van der Waals surface area contributed by atoms with Crippen LogP contribution >= 0.6 is 0 Å². The average Bonchev–Trinajstić information content (AvgIpc) is 2.03. The highest BCUT2D eigenvalue weighted by Crippen LogP contribution is 2.18. The van der Waals surface area contributed by atoms with E-state index in [2.05, 4.69) is 5.32 Å². The predicted octanol–water partition coefficient (Wildman–Crippen LogP) is 0.376. The van der Waals surface area contributed by atoms with Gasteiger partial charge in [0.15, 0.2) is 0 Å². The number of carbonyl (C=O) groups excluding carboxylic acids is 1. The summed E-state index contributed by atoms with van der Waals surface area (Å²) in [5.74, 6) is -1.48. The molecule has 1 aliphatic rings. The Balaban J connectivity index is 2.56. The summed E-state index contributed by atoms with van der Waals surface area (Å²) in [5.41, 5.74) is 0. The van der Waals surface area contributed by atoms with Crippen LogP contribution in [0.3, 0.4) is 0 Å². The Morgan fingerprint density at radius 2 is 2.42 bits per heavy atom. The van der Waals surface area contributed by atoms with Gasteiger partial charge in [-0.2, -0.15) is 0 Å². The Morgan fingerprint density at radius 3 is 2.92 bits per heavy atom. The number of piperidine rings is 1. The normalized spacial score (nSPS) is 29.6. The first-order chi connectivity index (χ1) is 5.63. The zero-order valence-electron chi connectivity index (χ0n) is 7.04. The van der Waals surface area contributed by atoms with Crippen molar-refractivity contribution >= 4 is 11.9 Å². The van der Waals surface area contributed by atoms with Gasteiger partial charge in [0.25, 0.3) is 0 Å². The van der Waals surface area contributed by atoms with Crippen LogP contribution in [0.5, 0.6) is 0 Å². The van der Waals surface area contributed by atoms with Crippen molar-refractivity contribution in [1.82, 2.24) is 5.32 Å². The third-order valence-corrected chi connectivity index (χ3v) is 2.21. The van der Waals surface area contributed by atoms with E-state index in [4.69, 9.17) is 5.11 Å². The molecule has 4 nitrogen and oxygen atoms in total. The lowest BCUT2D eigenvalue weighted by atomic mass is 9.91. The summed E-state index contributed by atoms with van der Waals surface area (Å²) in [6.07, 6.45) is 1.50. The molecule has 0 unspecified atom stereocenters. The number of nitrogens with one attached hydrogen (secondary N) is 1. The van der Waals surface area contributed by atoms with Gasteiger partial charge >= 0.3 is 5.97 Å². The maximum atomic E-state index is 11.0. The van der Waals surface area contributed by atoms with Crippen molar-refractivity contribution in [2.75, 3.05) is 0 Å². The maximum Gasteiger partial charge on any atom is 0.307 e. The van der Waals surface area contributed by atoms with Crippen LogP contribution in [0.1, 0.15) is 26.2 Å². The number of rotatable bonds is 2. The number of amides is 1. The van der Waals surface area contributed by atoms with E-state index >= 15 is 0 Å². The number of carbonyl (C=O) groups is 2. The van der Waals surface area contributed by atoms with E-state index in [0.717, 1.165) is 6.42 Å². The molecule has 0 saturated carbocycles. The Hall–Kier alpha value is -1.06. The second kappa shape index (κ2) is 3.56. The SMILES string of the molecule is CC[C@H]1C[C@H](C(=O)O)CC(=O)N1. The van der Waals surface area contributed by atoms with Crippen LogP contribution < -0.4 is 5.32 Å². The lowest BCUT2D eigenvalue weighted by molar-refractivity contribution is -0.146. The smallest absolute Gasteiger partial charge is 0.307 e. The molecular formula is C8H13NO3. The third kappa shape index (κ3) is 1.96. The molecule has 1 rings (SSSR count). The molecule has 1 amide bonds. The van der Waals surface area contributed by atoms with Crippen LogP contribution in [-0.2, 0) is 9.59 Å². The minimum atomic E-state index is -0.858. The highest BCUT2D eigenvalue weighted by atomic mass is 16.4. The van der Waals surface area contributed by atoms with Crippen molar-refractivity contribution in [3.8, 4) is 0 Å². The zero-order valence-corrected chi connectivity index (χ0v) is 7.04. The molecule has 0 aromatic rings. The van der Waals surface area contributed by atoms with E-state index in [1.54, 1.807) is 0 Å². The van der Waals surface area contributed by atoms with Gasteiger partial charge in [0.05, 0.1) is 5.92 Å². The van der Waals surface area contributed by atoms with E-state index in [0.29, 0.717) is 6.42 Å². The molecule has 4 heteroatoms. The molecule has 0 aliphatic carbocycles. The molecule has 2 N–H and O–H groups in total. The number of hydrogen-bond acceptors (Lipinski definition) is 2. The molecule has 1 fully saturated rings. The quantitative estimate of drug-likeness (QED) is 0.631. The summed E-state index contributed by atoms with van der Waals surface area (Å²) >= 11 is 0. The number of carboxylic acid groups (broad SMARTS) is 1. The van der Waals surface area contributed by atoms with Gasteiger partial charge < -0.3 is 10.4 Å². The number of hydrogen-bond donors (Lipinski definition) is 2. The topological polar surface area (TPSA) is 66.4 Å². The fraction of sp³-hybridized carbons (Fsp3) is 0.750. The van der Waals surface area contributed by atoms with Crippen LogP contribution in [-0.4, -0.2) is 23.0 Å². The standard InChI is InChI=1S/C8H13NO3/c1-2-6-3-5(8(11)12)4-7(10)9-6/h5-6H,2-4H2,1H3,(H,9,10)(H,11,12)/t5-,6-/m0/s1. The van der Waals surface area contributed by atoms with Crippen LogP contribution in [0.25, 0.3) is 0 Å². The van der Waals surface area contributed by atoms with E-state index in [9.17, 15) is 9.59 Å². The molecule has 0 radical (unpaired) electrons. The molecule has 0 aromatic heterocycles. The number of carboxylic acids is 1. The van der Waals surface area contributed by atoms with Gasteiger partial charge in [0.1, 0.15) is 0 Å². The van der Waals surface area contributed by atoms with Crippen LogP contribution in [0.4, 0.5) is 0 Å².